The van der Waals surface area contributed by atoms with Crippen LogP contribution < -0.4 is 14.4 Å². The van der Waals surface area contributed by atoms with E-state index in [0.29, 0.717) is 13.8 Å². The molecule has 1 amide bonds. The van der Waals surface area contributed by atoms with E-state index < -0.39 is 40.0 Å². The molecule has 16 heteroatoms. The highest BCUT2D eigenvalue weighted by atomic mass is 35.5. The summed E-state index contributed by atoms with van der Waals surface area (Å²) in [4.78, 5) is 23.0. The van der Waals surface area contributed by atoms with Crippen LogP contribution >= 0.6 is 11.6 Å². The predicted octanol–water partition coefficient (Wildman–Crippen LogP) is 4.58. The topological polar surface area (TPSA) is 140 Å². The summed E-state index contributed by atoms with van der Waals surface area (Å²) in [6.07, 6.45) is -4.39. The maximum Gasteiger partial charge on any atom is 0.427 e. The van der Waals surface area contributed by atoms with Crippen molar-refractivity contribution in [2.75, 3.05) is 16.2 Å². The number of alkyl halides is 3. The number of amides is 1. The molecule has 2 N–H and O–H groups in total. The lowest BCUT2D eigenvalue weighted by Gasteiger charge is -2.35. The number of hydrogen-bond acceptors (Lipinski definition) is 7. The van der Waals surface area contributed by atoms with Gasteiger partial charge in [-0.2, -0.15) is 18.3 Å². The van der Waals surface area contributed by atoms with Gasteiger partial charge in [-0.05, 0) is 51.3 Å². The summed E-state index contributed by atoms with van der Waals surface area (Å²) in [6, 6.07) is 3.83. The molecule has 11 nitrogen and oxygen atoms in total. The highest BCUT2D eigenvalue weighted by molar-refractivity contribution is 7.93. The molecule has 1 aromatic carbocycles. The van der Waals surface area contributed by atoms with E-state index >= 15 is 0 Å². The van der Waals surface area contributed by atoms with Crippen molar-refractivity contribution in [3.63, 3.8) is 0 Å². The number of aromatic nitrogens is 2. The van der Waals surface area contributed by atoms with E-state index in [1.54, 1.807) is 0 Å². The second-order valence-electron chi connectivity index (χ2n) is 9.41. The van der Waals surface area contributed by atoms with Gasteiger partial charge in [0.1, 0.15) is 16.7 Å². The number of carbonyl (C=O) groups excluding carboxylic acids is 1. The van der Waals surface area contributed by atoms with Crippen molar-refractivity contribution in [3.8, 4) is 5.75 Å². The Morgan fingerprint density at radius 3 is 2.58 bits per heavy atom. The third-order valence-electron chi connectivity index (χ3n) is 5.99. The molecule has 2 heterocycles. The van der Waals surface area contributed by atoms with Crippen molar-refractivity contribution in [2.24, 2.45) is 0 Å². The number of aliphatic carboxylic acids is 1. The summed E-state index contributed by atoms with van der Waals surface area (Å²) in [5.41, 5.74) is -2.89. The predicted molar refractivity (Wildman–Crippen MR) is 128 cm³/mol. The molecule has 0 spiro atoms. The van der Waals surface area contributed by atoms with E-state index in [1.165, 1.54) is 29.1 Å². The van der Waals surface area contributed by atoms with Crippen LogP contribution in [0.5, 0.6) is 5.75 Å². The average Bonchev–Trinajstić information content (AvgIpc) is 3.57. The Hall–Kier alpha value is -3.20. The zero-order valence-corrected chi connectivity index (χ0v) is 21.7. The molecule has 1 saturated carbocycles. The molecule has 4 rings (SSSR count). The molecule has 2 aliphatic rings. The number of carboxylic acids is 1. The fourth-order valence-electron chi connectivity index (χ4n) is 3.66. The molecule has 1 atom stereocenters. The van der Waals surface area contributed by atoms with Crippen LogP contribution in [-0.4, -0.2) is 59.8 Å². The summed E-state index contributed by atoms with van der Waals surface area (Å²) < 4.78 is 79.4. The summed E-state index contributed by atoms with van der Waals surface area (Å²) in [7, 11) is -4.36. The van der Waals surface area contributed by atoms with Crippen LogP contribution in [0.4, 0.5) is 29.3 Å². The number of carbonyl (C=O) groups is 2. The van der Waals surface area contributed by atoms with Gasteiger partial charge < -0.3 is 14.6 Å². The number of nitrogens with zero attached hydrogens (tertiary/aromatic N) is 3. The molecule has 0 bridgehead atoms. The van der Waals surface area contributed by atoms with Crippen molar-refractivity contribution < 1.29 is 45.8 Å². The third kappa shape index (κ3) is 5.77. The summed E-state index contributed by atoms with van der Waals surface area (Å²) in [6.45, 7) is 1.08. The lowest BCUT2D eigenvalue weighted by molar-refractivity contribution is -0.242. The van der Waals surface area contributed by atoms with E-state index in [1.807, 2.05) is 0 Å². The monoisotopic (exact) mass is 580 g/mol. The minimum atomic E-state index is -4.83. The van der Waals surface area contributed by atoms with Gasteiger partial charge in [0.2, 0.25) is 5.60 Å². The van der Waals surface area contributed by atoms with Gasteiger partial charge in [0, 0.05) is 18.3 Å². The third-order valence-corrected chi connectivity index (χ3v) is 8.16. The van der Waals surface area contributed by atoms with Gasteiger partial charge in [-0.3, -0.25) is 19.1 Å². The van der Waals surface area contributed by atoms with Crippen LogP contribution in [0.25, 0.3) is 0 Å². The Balaban J connectivity index is 1.66. The minimum Gasteiger partial charge on any atom is -0.486 e. The van der Waals surface area contributed by atoms with Gasteiger partial charge in [0.15, 0.2) is 5.15 Å². The van der Waals surface area contributed by atoms with Gasteiger partial charge in [-0.15, -0.1) is 0 Å². The Morgan fingerprint density at radius 2 is 1.97 bits per heavy atom. The SMILES string of the molecule is CC(C)(OC(=O)Nc1ccc2c(c1)N(S(=O)(=O)c1cn(C3CC3)nc1Cl)CC(CCC(=O)O)O2)C(F)(F)F. The van der Waals surface area contributed by atoms with Gasteiger partial charge in [-0.25, -0.2) is 13.2 Å². The van der Waals surface area contributed by atoms with E-state index in [2.05, 4.69) is 15.2 Å². The van der Waals surface area contributed by atoms with E-state index in [9.17, 15) is 31.2 Å². The van der Waals surface area contributed by atoms with Crippen molar-refractivity contribution in [1.29, 1.82) is 0 Å². The molecule has 0 radical (unpaired) electrons. The Bertz CT molecular complexity index is 1360. The molecular weight excluding hydrogens is 557 g/mol. The molecule has 1 unspecified atom stereocenters. The molecule has 0 saturated heterocycles. The minimum absolute atomic E-state index is 0.00524. The van der Waals surface area contributed by atoms with Gasteiger partial charge in [0.05, 0.1) is 18.3 Å². The summed E-state index contributed by atoms with van der Waals surface area (Å²) >= 11 is 6.17. The normalized spacial score (nSPS) is 17.9. The second kappa shape index (κ2) is 9.84. The molecular formula is C22H24ClF3N4O7S. The van der Waals surface area contributed by atoms with Gasteiger partial charge in [-0.1, -0.05) is 11.6 Å². The number of nitrogens with one attached hydrogen (secondary N) is 1. The average molecular weight is 581 g/mol. The van der Waals surface area contributed by atoms with Crippen LogP contribution in [0.3, 0.4) is 0 Å². The maximum absolute atomic E-state index is 13.7. The first-order chi connectivity index (χ1) is 17.6. The van der Waals surface area contributed by atoms with Gasteiger partial charge >= 0.3 is 18.2 Å². The Kier molecular flexibility index (Phi) is 7.20. The number of fused-ring (bicyclic) bond motifs is 1. The zero-order chi connectivity index (χ0) is 28.0. The Labute approximate surface area is 220 Å². The van der Waals surface area contributed by atoms with Crippen LogP contribution in [0.15, 0.2) is 29.3 Å². The molecule has 38 heavy (non-hydrogen) atoms. The number of halogens is 4. The molecule has 1 aromatic heterocycles. The van der Waals surface area contributed by atoms with Crippen molar-refractivity contribution in [3.05, 3.63) is 29.5 Å². The van der Waals surface area contributed by atoms with Crippen molar-refractivity contribution in [1.82, 2.24) is 9.78 Å². The van der Waals surface area contributed by atoms with E-state index in [0.717, 1.165) is 17.1 Å². The first kappa shape index (κ1) is 27.8. The fraction of sp³-hybridized carbons (Fsp3) is 0.500. The smallest absolute Gasteiger partial charge is 0.427 e. The number of ether oxygens (including phenoxy) is 2. The number of sulfonamides is 1. The van der Waals surface area contributed by atoms with Crippen LogP contribution in [0, 0.1) is 0 Å². The quantitative estimate of drug-likeness (QED) is 0.462. The molecule has 1 aliphatic heterocycles. The van der Waals surface area contributed by atoms with Crippen molar-refractivity contribution in [2.45, 2.75) is 68.3 Å². The number of anilines is 2. The zero-order valence-electron chi connectivity index (χ0n) is 20.2. The molecule has 2 aromatic rings. The number of hydrogen-bond donors (Lipinski definition) is 2. The largest absolute Gasteiger partial charge is 0.486 e. The summed E-state index contributed by atoms with van der Waals surface area (Å²) in [5, 5.41) is 15.0. The van der Waals surface area contributed by atoms with E-state index in [-0.39, 0.29) is 52.6 Å². The number of rotatable bonds is 8. The molecule has 1 aliphatic carbocycles. The second-order valence-corrected chi connectivity index (χ2v) is 11.6. The van der Waals surface area contributed by atoms with Crippen LogP contribution in [0.1, 0.15) is 45.6 Å². The number of benzene rings is 1. The van der Waals surface area contributed by atoms with Crippen LogP contribution in [-0.2, 0) is 19.6 Å². The fourth-order valence-corrected chi connectivity index (χ4v) is 5.58. The Morgan fingerprint density at radius 1 is 1.29 bits per heavy atom. The lowest BCUT2D eigenvalue weighted by atomic mass is 10.1. The molecule has 1 fully saturated rings. The highest BCUT2D eigenvalue weighted by Gasteiger charge is 2.51. The summed E-state index contributed by atoms with van der Waals surface area (Å²) in [5.74, 6) is -1.04. The first-order valence-electron chi connectivity index (χ1n) is 11.4. The first-order valence-corrected chi connectivity index (χ1v) is 13.3. The number of carboxylic acid groups (broad SMARTS) is 1. The standard InChI is InChI=1S/C22H24ClF3N4O7S/c1-21(2,22(24,25)26)37-20(33)27-12-3-7-16-15(9-12)30(10-14(36-16)6-8-18(31)32)38(34,35)17-11-29(13-4-5-13)28-19(17)23/h3,7,9,11,13-14H,4-6,8,10H2,1-2H3,(H,27,33)(H,31,32). The van der Waals surface area contributed by atoms with Crippen molar-refractivity contribution >= 4 is 45.1 Å². The van der Waals surface area contributed by atoms with Crippen LogP contribution in [0.2, 0.25) is 5.15 Å². The van der Waals surface area contributed by atoms with Gasteiger partial charge in [0.25, 0.3) is 10.0 Å². The van der Waals surface area contributed by atoms with E-state index in [4.69, 9.17) is 21.4 Å². The lowest BCUT2D eigenvalue weighted by Crippen LogP contribution is -2.44. The maximum atomic E-state index is 13.7. The highest BCUT2D eigenvalue weighted by Crippen LogP contribution is 2.42. The molecule has 208 valence electrons.